The van der Waals surface area contributed by atoms with Gasteiger partial charge < -0.3 is 9.88 Å². The molecular formula is C13H19N3S. The van der Waals surface area contributed by atoms with Crippen molar-refractivity contribution in [3.05, 3.63) is 33.3 Å². The number of hydrogen-bond acceptors (Lipinski definition) is 3. The molecule has 1 atom stereocenters. The van der Waals surface area contributed by atoms with Gasteiger partial charge in [-0.05, 0) is 39.3 Å². The van der Waals surface area contributed by atoms with Gasteiger partial charge in [0.25, 0.3) is 0 Å². The first-order valence-electron chi connectivity index (χ1n) is 5.81. The molecule has 0 aliphatic carbocycles. The minimum atomic E-state index is 0.292. The van der Waals surface area contributed by atoms with Gasteiger partial charge in [-0.2, -0.15) is 0 Å². The molecular weight excluding hydrogens is 230 g/mol. The van der Waals surface area contributed by atoms with Crippen molar-refractivity contribution in [2.45, 2.75) is 33.7 Å². The molecule has 0 radical (unpaired) electrons. The van der Waals surface area contributed by atoms with E-state index < -0.39 is 0 Å². The minimum absolute atomic E-state index is 0.292. The van der Waals surface area contributed by atoms with E-state index in [9.17, 15) is 0 Å². The van der Waals surface area contributed by atoms with E-state index in [2.05, 4.69) is 37.1 Å². The van der Waals surface area contributed by atoms with Crippen molar-refractivity contribution < 1.29 is 0 Å². The second-order valence-electron chi connectivity index (χ2n) is 4.55. The maximum absolute atomic E-state index is 4.47. The molecule has 1 N–H and O–H groups in total. The molecule has 0 aliphatic heterocycles. The smallest absolute Gasteiger partial charge is 0.203 e. The van der Waals surface area contributed by atoms with Crippen LogP contribution in [-0.4, -0.2) is 9.55 Å². The summed E-state index contributed by atoms with van der Waals surface area (Å²) in [6.07, 6.45) is 2.03. The lowest BCUT2D eigenvalue weighted by Crippen LogP contribution is -2.10. The summed E-state index contributed by atoms with van der Waals surface area (Å²) in [5.74, 6) is 0.929. The lowest BCUT2D eigenvalue weighted by atomic mass is 10.1. The summed E-state index contributed by atoms with van der Waals surface area (Å²) in [6.45, 7) is 8.52. The average molecular weight is 249 g/mol. The number of thiophene rings is 1. The molecule has 0 aromatic carbocycles. The predicted octanol–water partition coefficient (Wildman–Crippen LogP) is 3.58. The Hall–Kier alpha value is -1.29. The highest BCUT2D eigenvalue weighted by Crippen LogP contribution is 2.28. The van der Waals surface area contributed by atoms with E-state index in [1.54, 1.807) is 0 Å². The largest absolute Gasteiger partial charge is 0.349 e. The van der Waals surface area contributed by atoms with Gasteiger partial charge in [-0.25, -0.2) is 4.98 Å². The highest BCUT2D eigenvalue weighted by molar-refractivity contribution is 7.12. The lowest BCUT2D eigenvalue weighted by molar-refractivity contribution is 0.821. The zero-order valence-corrected chi connectivity index (χ0v) is 11.9. The Morgan fingerprint density at radius 2 is 2.06 bits per heavy atom. The van der Waals surface area contributed by atoms with Crippen molar-refractivity contribution in [3.63, 3.8) is 0 Å². The number of nitrogens with one attached hydrogen (secondary N) is 1. The second-order valence-corrected chi connectivity index (χ2v) is 6.01. The van der Waals surface area contributed by atoms with Crippen molar-refractivity contribution in [3.8, 4) is 0 Å². The van der Waals surface area contributed by atoms with Crippen LogP contribution in [-0.2, 0) is 7.05 Å². The highest BCUT2D eigenvalue weighted by atomic mass is 32.1. The summed E-state index contributed by atoms with van der Waals surface area (Å²) in [6, 6.07) is 2.55. The van der Waals surface area contributed by atoms with E-state index in [0.29, 0.717) is 6.04 Å². The highest BCUT2D eigenvalue weighted by Gasteiger charge is 2.13. The fourth-order valence-electron chi connectivity index (χ4n) is 2.10. The molecule has 0 bridgehead atoms. The van der Waals surface area contributed by atoms with Crippen LogP contribution >= 0.6 is 11.3 Å². The van der Waals surface area contributed by atoms with Gasteiger partial charge in [0.1, 0.15) is 0 Å². The van der Waals surface area contributed by atoms with Crippen molar-refractivity contribution in [2.24, 2.45) is 7.05 Å². The first-order valence-corrected chi connectivity index (χ1v) is 6.62. The van der Waals surface area contributed by atoms with Crippen LogP contribution in [0.25, 0.3) is 0 Å². The van der Waals surface area contributed by atoms with E-state index in [0.717, 1.165) is 11.6 Å². The van der Waals surface area contributed by atoms with Gasteiger partial charge in [0.05, 0.1) is 11.7 Å². The van der Waals surface area contributed by atoms with Gasteiger partial charge >= 0.3 is 0 Å². The normalized spacial score (nSPS) is 12.8. The van der Waals surface area contributed by atoms with Gasteiger partial charge in [-0.15, -0.1) is 11.3 Å². The van der Waals surface area contributed by atoms with Gasteiger partial charge in [-0.1, -0.05) is 0 Å². The van der Waals surface area contributed by atoms with Crippen LogP contribution in [0.15, 0.2) is 12.3 Å². The molecule has 92 valence electrons. The van der Waals surface area contributed by atoms with Gasteiger partial charge in [0.15, 0.2) is 0 Å². The third kappa shape index (κ3) is 2.52. The summed E-state index contributed by atoms with van der Waals surface area (Å²) in [5, 5.41) is 3.46. The number of anilines is 1. The molecule has 2 rings (SSSR count). The topological polar surface area (TPSA) is 29.9 Å². The van der Waals surface area contributed by atoms with Gasteiger partial charge in [0, 0.05) is 23.0 Å². The Bertz CT molecular complexity index is 525. The van der Waals surface area contributed by atoms with E-state index in [-0.39, 0.29) is 0 Å². The summed E-state index contributed by atoms with van der Waals surface area (Å²) in [5.41, 5.74) is 2.41. The number of aryl methyl sites for hydroxylation is 4. The summed E-state index contributed by atoms with van der Waals surface area (Å²) < 4.78 is 2.03. The minimum Gasteiger partial charge on any atom is -0.349 e. The van der Waals surface area contributed by atoms with Crippen molar-refractivity contribution >= 4 is 17.3 Å². The second kappa shape index (κ2) is 4.53. The maximum atomic E-state index is 4.47. The number of hydrogen-bond donors (Lipinski definition) is 1. The zero-order chi connectivity index (χ0) is 12.6. The molecule has 0 fully saturated rings. The van der Waals surface area contributed by atoms with E-state index in [1.165, 1.54) is 15.3 Å². The van der Waals surface area contributed by atoms with Crippen LogP contribution in [0.1, 0.15) is 34.0 Å². The summed E-state index contributed by atoms with van der Waals surface area (Å²) in [4.78, 5) is 7.21. The van der Waals surface area contributed by atoms with E-state index in [1.807, 2.05) is 36.1 Å². The Morgan fingerprint density at radius 1 is 1.35 bits per heavy atom. The Kier molecular flexibility index (Phi) is 3.24. The van der Waals surface area contributed by atoms with Crippen LogP contribution < -0.4 is 5.32 Å². The first kappa shape index (κ1) is 12.2. The fourth-order valence-corrected chi connectivity index (χ4v) is 3.12. The molecule has 4 heteroatoms. The maximum Gasteiger partial charge on any atom is 0.203 e. The standard InChI is InChI=1S/C13H19N3S/c1-8-7-16(5)13(14-8)15-10(3)12-6-9(2)17-11(12)4/h6-7,10H,1-5H3,(H,14,15). The van der Waals surface area contributed by atoms with Crippen molar-refractivity contribution in [2.75, 3.05) is 5.32 Å². The summed E-state index contributed by atoms with van der Waals surface area (Å²) in [7, 11) is 2.01. The van der Waals surface area contributed by atoms with Crippen molar-refractivity contribution in [1.29, 1.82) is 0 Å². The average Bonchev–Trinajstić information content (AvgIpc) is 2.70. The van der Waals surface area contributed by atoms with Crippen LogP contribution in [0.4, 0.5) is 5.95 Å². The molecule has 17 heavy (non-hydrogen) atoms. The number of nitrogens with zero attached hydrogens (tertiary/aromatic N) is 2. The fraction of sp³-hybridized carbons (Fsp3) is 0.462. The van der Waals surface area contributed by atoms with Crippen LogP contribution in [0, 0.1) is 20.8 Å². The molecule has 0 aliphatic rings. The molecule has 0 amide bonds. The van der Waals surface area contributed by atoms with E-state index in [4.69, 9.17) is 0 Å². The van der Waals surface area contributed by atoms with Crippen LogP contribution in [0.2, 0.25) is 0 Å². The van der Waals surface area contributed by atoms with Gasteiger partial charge in [0.2, 0.25) is 5.95 Å². The van der Waals surface area contributed by atoms with E-state index >= 15 is 0 Å². The third-order valence-corrected chi connectivity index (χ3v) is 3.87. The van der Waals surface area contributed by atoms with Crippen LogP contribution in [0.5, 0.6) is 0 Å². The monoisotopic (exact) mass is 249 g/mol. The molecule has 2 heterocycles. The Labute approximate surface area is 107 Å². The zero-order valence-electron chi connectivity index (χ0n) is 11.0. The SMILES string of the molecule is Cc1cn(C)c(NC(C)c2cc(C)sc2C)n1. The molecule has 0 saturated heterocycles. The Morgan fingerprint density at radius 3 is 2.53 bits per heavy atom. The summed E-state index contributed by atoms with van der Waals surface area (Å²) >= 11 is 1.85. The molecule has 0 saturated carbocycles. The molecule has 1 unspecified atom stereocenters. The number of imidazole rings is 1. The predicted molar refractivity (Wildman–Crippen MR) is 73.8 cm³/mol. The lowest BCUT2D eigenvalue weighted by Gasteiger charge is -2.14. The first-order chi connectivity index (χ1) is 7.97. The van der Waals surface area contributed by atoms with Crippen molar-refractivity contribution in [1.82, 2.24) is 9.55 Å². The molecule has 0 spiro atoms. The molecule has 3 nitrogen and oxygen atoms in total. The van der Waals surface area contributed by atoms with Crippen LogP contribution in [0.3, 0.4) is 0 Å². The number of rotatable bonds is 3. The molecule has 2 aromatic rings. The third-order valence-electron chi connectivity index (χ3n) is 2.89. The van der Waals surface area contributed by atoms with Gasteiger partial charge in [-0.3, -0.25) is 0 Å². The Balaban J connectivity index is 2.19. The number of aromatic nitrogens is 2. The molecule has 2 aromatic heterocycles. The quantitative estimate of drug-likeness (QED) is 0.901.